The molecule has 1 saturated heterocycles. The van der Waals surface area contributed by atoms with Gasteiger partial charge in [-0.25, -0.2) is 0 Å². The minimum atomic E-state index is -0.0890. The third-order valence-corrected chi connectivity index (χ3v) is 6.17. The molecule has 1 aliphatic heterocycles. The van der Waals surface area contributed by atoms with Crippen LogP contribution in [0, 0.1) is 13.8 Å². The Morgan fingerprint density at radius 3 is 2.65 bits per heavy atom. The van der Waals surface area contributed by atoms with Gasteiger partial charge in [0.2, 0.25) is 5.91 Å². The molecule has 1 fully saturated rings. The van der Waals surface area contributed by atoms with Crippen LogP contribution < -0.4 is 5.32 Å². The number of amides is 1. The summed E-state index contributed by atoms with van der Waals surface area (Å²) in [6, 6.07) is 14.3. The predicted molar refractivity (Wildman–Crippen MR) is 121 cm³/mol. The summed E-state index contributed by atoms with van der Waals surface area (Å²) in [6.45, 7) is 7.07. The van der Waals surface area contributed by atoms with Crippen LogP contribution in [-0.2, 0) is 24.4 Å². The van der Waals surface area contributed by atoms with Crippen molar-refractivity contribution in [1.82, 2.24) is 25.0 Å². The van der Waals surface area contributed by atoms with Crippen molar-refractivity contribution in [3.8, 4) is 0 Å². The highest BCUT2D eigenvalue weighted by atomic mass is 16.2. The lowest BCUT2D eigenvalue weighted by Crippen LogP contribution is -2.48. The lowest BCUT2D eigenvalue weighted by atomic mass is 10.0. The first-order valence-corrected chi connectivity index (χ1v) is 11.1. The first-order valence-electron chi connectivity index (χ1n) is 11.1. The number of rotatable bonds is 7. The Kier molecular flexibility index (Phi) is 6.77. The molecule has 3 heterocycles. The molecule has 1 unspecified atom stereocenters. The van der Waals surface area contributed by atoms with E-state index in [0.717, 1.165) is 61.4 Å². The monoisotopic (exact) mass is 417 g/mol. The third-order valence-electron chi connectivity index (χ3n) is 6.17. The van der Waals surface area contributed by atoms with E-state index in [1.165, 1.54) is 5.56 Å². The number of hydrogen-bond donors (Lipinski definition) is 1. The summed E-state index contributed by atoms with van der Waals surface area (Å²) in [5.41, 5.74) is 5.56. The summed E-state index contributed by atoms with van der Waals surface area (Å²) in [5.74, 6) is 0.109. The summed E-state index contributed by atoms with van der Waals surface area (Å²) in [4.78, 5) is 19.6. The van der Waals surface area contributed by atoms with Crippen molar-refractivity contribution in [3.05, 3.63) is 82.9 Å². The Morgan fingerprint density at radius 2 is 1.87 bits per heavy atom. The van der Waals surface area contributed by atoms with Gasteiger partial charge >= 0.3 is 0 Å². The van der Waals surface area contributed by atoms with Crippen LogP contribution in [0.1, 0.15) is 47.3 Å². The number of nitrogens with one attached hydrogen (secondary N) is 1. The molecule has 162 valence electrons. The zero-order valence-corrected chi connectivity index (χ0v) is 18.4. The highest BCUT2D eigenvalue weighted by Crippen LogP contribution is 2.20. The van der Waals surface area contributed by atoms with Gasteiger partial charge in [-0.3, -0.25) is 19.4 Å². The average molecular weight is 418 g/mol. The number of nitrogens with zero attached hydrogens (tertiary/aromatic N) is 4. The fraction of sp³-hybridized carbons (Fsp3) is 0.400. The molecule has 0 saturated carbocycles. The van der Waals surface area contributed by atoms with Crippen LogP contribution in [-0.4, -0.2) is 38.2 Å². The van der Waals surface area contributed by atoms with E-state index in [9.17, 15) is 4.79 Å². The van der Waals surface area contributed by atoms with Crippen molar-refractivity contribution in [3.63, 3.8) is 0 Å². The fourth-order valence-corrected chi connectivity index (χ4v) is 4.40. The number of likely N-dealkylation sites (tertiary alicyclic amines) is 1. The molecule has 0 spiro atoms. The highest BCUT2D eigenvalue weighted by molar-refractivity contribution is 5.81. The fourth-order valence-electron chi connectivity index (χ4n) is 4.40. The molecular weight excluding hydrogens is 386 g/mol. The summed E-state index contributed by atoms with van der Waals surface area (Å²) in [7, 11) is 0. The molecule has 6 nitrogen and oxygen atoms in total. The molecule has 4 rings (SSSR count). The smallest absolute Gasteiger partial charge is 0.237 e. The molecule has 31 heavy (non-hydrogen) atoms. The Hall–Kier alpha value is -2.99. The first kappa shape index (κ1) is 21.2. The second kappa shape index (κ2) is 9.88. The second-order valence-electron chi connectivity index (χ2n) is 8.35. The Bertz CT molecular complexity index is 1000. The maximum atomic E-state index is 13.1. The zero-order valence-electron chi connectivity index (χ0n) is 18.4. The van der Waals surface area contributed by atoms with Crippen molar-refractivity contribution in [2.75, 3.05) is 6.54 Å². The molecule has 2 aromatic heterocycles. The van der Waals surface area contributed by atoms with E-state index in [-0.39, 0.29) is 11.9 Å². The van der Waals surface area contributed by atoms with Gasteiger partial charge in [-0.1, -0.05) is 42.8 Å². The van der Waals surface area contributed by atoms with E-state index in [4.69, 9.17) is 5.10 Å². The topological polar surface area (TPSA) is 63.1 Å². The lowest BCUT2D eigenvalue weighted by Gasteiger charge is -2.34. The minimum absolute atomic E-state index is 0.0890. The number of pyridine rings is 1. The first-order chi connectivity index (χ1) is 15.1. The van der Waals surface area contributed by atoms with Crippen LogP contribution in [0.15, 0.2) is 54.9 Å². The van der Waals surface area contributed by atoms with Gasteiger partial charge in [0, 0.05) is 36.7 Å². The number of carbonyl (C=O) groups is 1. The maximum absolute atomic E-state index is 13.1. The zero-order chi connectivity index (χ0) is 21.6. The molecule has 1 N–H and O–H groups in total. The van der Waals surface area contributed by atoms with E-state index in [0.29, 0.717) is 6.54 Å². The summed E-state index contributed by atoms with van der Waals surface area (Å²) in [6.07, 6.45) is 6.80. The quantitative estimate of drug-likeness (QED) is 0.638. The van der Waals surface area contributed by atoms with Crippen LogP contribution in [0.5, 0.6) is 0 Å². The van der Waals surface area contributed by atoms with Crippen LogP contribution in [0.2, 0.25) is 0 Å². The number of carbonyl (C=O) groups excluding carboxylic acids is 1. The summed E-state index contributed by atoms with van der Waals surface area (Å²) in [5, 5.41) is 7.91. The van der Waals surface area contributed by atoms with Crippen LogP contribution in [0.25, 0.3) is 0 Å². The van der Waals surface area contributed by atoms with Crippen LogP contribution >= 0.6 is 0 Å². The predicted octanol–water partition coefficient (Wildman–Crippen LogP) is 3.61. The van der Waals surface area contributed by atoms with Crippen LogP contribution in [0.4, 0.5) is 0 Å². The minimum Gasteiger partial charge on any atom is -0.351 e. The van der Waals surface area contributed by atoms with Gasteiger partial charge < -0.3 is 5.32 Å². The molecule has 3 aromatic rings. The second-order valence-corrected chi connectivity index (χ2v) is 8.35. The van der Waals surface area contributed by atoms with Gasteiger partial charge in [-0.05, 0) is 50.4 Å². The Morgan fingerprint density at radius 1 is 1.06 bits per heavy atom. The molecule has 6 heteroatoms. The number of benzene rings is 1. The number of aryl methyl sites for hydroxylation is 1. The molecule has 1 aliphatic rings. The summed E-state index contributed by atoms with van der Waals surface area (Å²) >= 11 is 0. The SMILES string of the molecule is Cc1nn(Cc2ccccc2)c(C)c1CNC(=O)C1CCCCN1Cc1cccnc1. The van der Waals surface area contributed by atoms with Crippen molar-refractivity contribution < 1.29 is 4.79 Å². The molecule has 1 amide bonds. The molecule has 0 aliphatic carbocycles. The Labute approximate surface area is 184 Å². The van der Waals surface area contributed by atoms with Gasteiger partial charge in [0.05, 0.1) is 18.3 Å². The van der Waals surface area contributed by atoms with E-state index in [1.807, 2.05) is 42.1 Å². The molecule has 1 aromatic carbocycles. The van der Waals surface area contributed by atoms with E-state index in [1.54, 1.807) is 6.20 Å². The highest BCUT2D eigenvalue weighted by Gasteiger charge is 2.28. The molecule has 0 bridgehead atoms. The van der Waals surface area contributed by atoms with Crippen molar-refractivity contribution >= 4 is 5.91 Å². The van der Waals surface area contributed by atoms with Gasteiger partial charge in [0.1, 0.15) is 0 Å². The number of aromatic nitrogens is 3. The largest absolute Gasteiger partial charge is 0.351 e. The van der Waals surface area contributed by atoms with Gasteiger partial charge in [-0.15, -0.1) is 0 Å². The lowest BCUT2D eigenvalue weighted by molar-refractivity contribution is -0.128. The number of piperidine rings is 1. The van der Waals surface area contributed by atoms with Crippen molar-refractivity contribution in [2.45, 2.75) is 58.8 Å². The number of hydrogen-bond acceptors (Lipinski definition) is 4. The molecule has 0 radical (unpaired) electrons. The van der Waals surface area contributed by atoms with Crippen molar-refractivity contribution in [2.24, 2.45) is 0 Å². The van der Waals surface area contributed by atoms with Gasteiger partial charge in [0.15, 0.2) is 0 Å². The van der Waals surface area contributed by atoms with E-state index < -0.39 is 0 Å². The standard InChI is InChI=1S/C25H31N5O/c1-19-23(20(2)30(28-19)18-21-9-4-3-5-10-21)16-27-25(31)24-12-6-7-14-29(24)17-22-11-8-13-26-15-22/h3-5,8-11,13,15,24H,6-7,12,14,16-18H2,1-2H3,(H,27,31). The van der Waals surface area contributed by atoms with Gasteiger partial charge in [-0.2, -0.15) is 5.10 Å². The van der Waals surface area contributed by atoms with Crippen molar-refractivity contribution in [1.29, 1.82) is 0 Å². The van der Waals surface area contributed by atoms with E-state index in [2.05, 4.69) is 40.3 Å². The Balaban J connectivity index is 1.40. The molecular formula is C25H31N5O. The normalized spacial score (nSPS) is 16.9. The summed E-state index contributed by atoms with van der Waals surface area (Å²) < 4.78 is 2.03. The van der Waals surface area contributed by atoms with Crippen LogP contribution in [0.3, 0.4) is 0 Å². The third kappa shape index (κ3) is 5.20. The average Bonchev–Trinajstić information content (AvgIpc) is 3.06. The van der Waals surface area contributed by atoms with Gasteiger partial charge in [0.25, 0.3) is 0 Å². The molecule has 1 atom stereocenters. The maximum Gasteiger partial charge on any atom is 0.237 e. The van der Waals surface area contributed by atoms with E-state index >= 15 is 0 Å².